The van der Waals surface area contributed by atoms with Crippen LogP contribution < -0.4 is 4.90 Å². The molecular weight excluding hydrogens is 262 g/mol. The summed E-state index contributed by atoms with van der Waals surface area (Å²) in [6, 6.07) is 11.5. The predicted octanol–water partition coefficient (Wildman–Crippen LogP) is 2.69. The monoisotopic (exact) mass is 281 g/mol. The third-order valence-corrected chi connectivity index (χ3v) is 3.51. The first-order valence-electron chi connectivity index (χ1n) is 6.94. The van der Waals surface area contributed by atoms with Crippen LogP contribution >= 0.6 is 0 Å². The van der Waals surface area contributed by atoms with Crippen LogP contribution in [0.15, 0.2) is 42.7 Å². The summed E-state index contributed by atoms with van der Waals surface area (Å²) in [6.45, 7) is 2.54. The number of aliphatic hydroxyl groups is 1. The van der Waals surface area contributed by atoms with E-state index < -0.39 is 6.10 Å². The van der Waals surface area contributed by atoms with Crippen molar-refractivity contribution in [2.24, 2.45) is 0 Å². The summed E-state index contributed by atoms with van der Waals surface area (Å²) in [5.74, 6) is 0. The lowest BCUT2D eigenvalue weighted by Crippen LogP contribution is -2.22. The van der Waals surface area contributed by atoms with E-state index in [0.29, 0.717) is 5.56 Å². The van der Waals surface area contributed by atoms with E-state index in [1.807, 2.05) is 31.3 Å². The second kappa shape index (κ2) is 6.87. The first-order valence-corrected chi connectivity index (χ1v) is 6.94. The van der Waals surface area contributed by atoms with Crippen molar-refractivity contribution in [1.82, 2.24) is 4.98 Å². The van der Waals surface area contributed by atoms with Gasteiger partial charge in [0.1, 0.15) is 0 Å². The number of nitriles is 1. The molecule has 0 aliphatic heterocycles. The van der Waals surface area contributed by atoms with Crippen molar-refractivity contribution in [3.05, 3.63) is 59.4 Å². The Morgan fingerprint density at radius 2 is 2.00 bits per heavy atom. The maximum Gasteiger partial charge on any atom is 0.0992 e. The molecule has 108 valence electrons. The Morgan fingerprint density at radius 3 is 2.62 bits per heavy atom. The number of aromatic nitrogens is 1. The normalized spacial score (nSPS) is 11.7. The minimum Gasteiger partial charge on any atom is -0.389 e. The topological polar surface area (TPSA) is 60.1 Å². The van der Waals surface area contributed by atoms with Crippen molar-refractivity contribution in [3.8, 4) is 6.07 Å². The van der Waals surface area contributed by atoms with Crippen LogP contribution in [0.2, 0.25) is 0 Å². The van der Waals surface area contributed by atoms with Crippen LogP contribution in [0.1, 0.15) is 29.7 Å². The average Bonchev–Trinajstić information content (AvgIpc) is 2.52. The van der Waals surface area contributed by atoms with Crippen LogP contribution in [-0.4, -0.2) is 23.7 Å². The zero-order valence-electron chi connectivity index (χ0n) is 12.3. The molecule has 0 saturated heterocycles. The number of hydrogen-bond donors (Lipinski definition) is 1. The minimum atomic E-state index is -0.559. The maximum atomic E-state index is 9.88. The number of anilines is 1. The Kier molecular flexibility index (Phi) is 4.91. The SMILES string of the molecule is C[C@@H](O)c1ccc(C#N)cc1N(C)CCc1ccncc1. The van der Waals surface area contributed by atoms with Gasteiger partial charge in [-0.3, -0.25) is 4.98 Å². The fraction of sp³-hybridized carbons (Fsp3) is 0.294. The fourth-order valence-corrected chi connectivity index (χ4v) is 2.26. The highest BCUT2D eigenvalue weighted by molar-refractivity contribution is 5.58. The molecule has 0 aliphatic rings. The lowest BCUT2D eigenvalue weighted by atomic mass is 10.0. The first kappa shape index (κ1) is 15.0. The van der Waals surface area contributed by atoms with Gasteiger partial charge in [-0.1, -0.05) is 6.07 Å². The number of benzene rings is 1. The number of rotatable bonds is 5. The largest absolute Gasteiger partial charge is 0.389 e. The predicted molar refractivity (Wildman–Crippen MR) is 83.0 cm³/mol. The van der Waals surface area contributed by atoms with Crippen LogP contribution in [-0.2, 0) is 6.42 Å². The number of aliphatic hydroxyl groups excluding tert-OH is 1. The van der Waals surface area contributed by atoms with Gasteiger partial charge in [0.05, 0.1) is 17.7 Å². The summed E-state index contributed by atoms with van der Waals surface area (Å²) >= 11 is 0. The lowest BCUT2D eigenvalue weighted by Gasteiger charge is -2.24. The van der Waals surface area contributed by atoms with Crippen LogP contribution in [0.25, 0.3) is 0 Å². The van der Waals surface area contributed by atoms with Crippen LogP contribution in [0.3, 0.4) is 0 Å². The summed E-state index contributed by atoms with van der Waals surface area (Å²) < 4.78 is 0. The molecule has 4 nitrogen and oxygen atoms in total. The van der Waals surface area contributed by atoms with E-state index in [0.717, 1.165) is 24.2 Å². The molecule has 0 aliphatic carbocycles. The smallest absolute Gasteiger partial charge is 0.0992 e. The Hall–Kier alpha value is -2.38. The molecule has 1 N–H and O–H groups in total. The Bertz CT molecular complexity index is 632. The standard InChI is InChI=1S/C17H19N3O/c1-13(21)16-4-3-15(12-18)11-17(16)20(2)10-7-14-5-8-19-9-6-14/h3-6,8-9,11,13,21H,7,10H2,1-2H3/t13-/m1/s1. The number of nitrogens with zero attached hydrogens (tertiary/aromatic N) is 3. The molecule has 1 aromatic heterocycles. The molecule has 21 heavy (non-hydrogen) atoms. The van der Waals surface area contributed by atoms with Crippen molar-refractivity contribution in [1.29, 1.82) is 5.26 Å². The van der Waals surface area contributed by atoms with Crippen molar-refractivity contribution >= 4 is 5.69 Å². The Labute approximate surface area is 125 Å². The van der Waals surface area contributed by atoms with Crippen molar-refractivity contribution in [2.75, 3.05) is 18.5 Å². The maximum absolute atomic E-state index is 9.88. The molecule has 0 unspecified atom stereocenters. The molecule has 0 radical (unpaired) electrons. The molecule has 1 atom stereocenters. The fourth-order valence-electron chi connectivity index (χ4n) is 2.26. The molecule has 0 fully saturated rings. The summed E-state index contributed by atoms with van der Waals surface area (Å²) in [5.41, 5.74) is 3.56. The van der Waals surface area contributed by atoms with E-state index in [4.69, 9.17) is 5.26 Å². The summed E-state index contributed by atoms with van der Waals surface area (Å²) in [6.07, 6.45) is 3.89. The first-order chi connectivity index (χ1) is 10.1. The quantitative estimate of drug-likeness (QED) is 0.915. The van der Waals surface area contributed by atoms with E-state index in [2.05, 4.69) is 16.0 Å². The Morgan fingerprint density at radius 1 is 1.29 bits per heavy atom. The van der Waals surface area contributed by atoms with Gasteiger partial charge < -0.3 is 10.0 Å². The van der Waals surface area contributed by atoms with E-state index in [1.54, 1.807) is 25.4 Å². The van der Waals surface area contributed by atoms with Gasteiger partial charge in [0.15, 0.2) is 0 Å². The second-order valence-corrected chi connectivity index (χ2v) is 5.09. The van der Waals surface area contributed by atoms with Gasteiger partial charge in [-0.2, -0.15) is 5.26 Å². The molecular formula is C17H19N3O. The second-order valence-electron chi connectivity index (χ2n) is 5.09. The highest BCUT2D eigenvalue weighted by Crippen LogP contribution is 2.27. The molecule has 0 amide bonds. The van der Waals surface area contributed by atoms with Gasteiger partial charge in [0, 0.05) is 37.2 Å². The van der Waals surface area contributed by atoms with Crippen LogP contribution in [0.5, 0.6) is 0 Å². The zero-order chi connectivity index (χ0) is 15.2. The lowest BCUT2D eigenvalue weighted by molar-refractivity contribution is 0.199. The zero-order valence-corrected chi connectivity index (χ0v) is 12.3. The van der Waals surface area contributed by atoms with E-state index >= 15 is 0 Å². The number of pyridine rings is 1. The van der Waals surface area contributed by atoms with Crippen LogP contribution in [0.4, 0.5) is 5.69 Å². The highest BCUT2D eigenvalue weighted by atomic mass is 16.3. The van der Waals surface area contributed by atoms with Crippen LogP contribution in [0, 0.1) is 11.3 Å². The Balaban J connectivity index is 2.17. The van der Waals surface area contributed by atoms with E-state index in [1.165, 1.54) is 5.56 Å². The molecule has 4 heteroatoms. The molecule has 0 spiro atoms. The third-order valence-electron chi connectivity index (χ3n) is 3.51. The third kappa shape index (κ3) is 3.80. The van der Waals surface area contributed by atoms with E-state index in [-0.39, 0.29) is 0 Å². The van der Waals surface area contributed by atoms with Gasteiger partial charge in [0.2, 0.25) is 0 Å². The summed E-state index contributed by atoms with van der Waals surface area (Å²) in [4.78, 5) is 6.08. The molecule has 1 heterocycles. The molecule has 2 rings (SSSR count). The molecule has 1 aromatic carbocycles. The molecule has 0 saturated carbocycles. The number of hydrogen-bond acceptors (Lipinski definition) is 4. The van der Waals surface area contributed by atoms with Crippen molar-refractivity contribution in [3.63, 3.8) is 0 Å². The molecule has 0 bridgehead atoms. The van der Waals surface area contributed by atoms with Gasteiger partial charge in [-0.05, 0) is 43.2 Å². The average molecular weight is 281 g/mol. The van der Waals surface area contributed by atoms with Crippen molar-refractivity contribution in [2.45, 2.75) is 19.4 Å². The summed E-state index contributed by atoms with van der Waals surface area (Å²) in [7, 11) is 1.98. The van der Waals surface area contributed by atoms with E-state index in [9.17, 15) is 5.11 Å². The highest BCUT2D eigenvalue weighted by Gasteiger charge is 2.12. The summed E-state index contributed by atoms with van der Waals surface area (Å²) in [5, 5.41) is 18.9. The number of likely N-dealkylation sites (N-methyl/N-ethyl adjacent to an activating group) is 1. The molecule has 2 aromatic rings. The van der Waals surface area contributed by atoms with Gasteiger partial charge in [-0.25, -0.2) is 0 Å². The minimum absolute atomic E-state index is 0.559. The van der Waals surface area contributed by atoms with Crippen molar-refractivity contribution < 1.29 is 5.11 Å². The van der Waals surface area contributed by atoms with Gasteiger partial charge in [-0.15, -0.1) is 0 Å². The van der Waals surface area contributed by atoms with Gasteiger partial charge >= 0.3 is 0 Å². The van der Waals surface area contributed by atoms with Gasteiger partial charge in [0.25, 0.3) is 0 Å².